The van der Waals surface area contributed by atoms with Crippen molar-refractivity contribution in [3.05, 3.63) is 111 Å². The molecule has 0 atom stereocenters. The van der Waals surface area contributed by atoms with Crippen LogP contribution in [0.3, 0.4) is 0 Å². The lowest BCUT2D eigenvalue weighted by atomic mass is 10.0. The highest BCUT2D eigenvalue weighted by Gasteiger charge is 2.24. The first-order valence-electron chi connectivity index (χ1n) is 13.3. The highest BCUT2D eigenvalue weighted by molar-refractivity contribution is 9.10. The van der Waals surface area contributed by atoms with Crippen LogP contribution in [0.25, 0.3) is 22.0 Å². The number of aromatic nitrogens is 1. The molecule has 0 radical (unpaired) electrons. The number of H-pyrrole nitrogens is 1. The number of carbonyl (C=O) groups is 2. The van der Waals surface area contributed by atoms with E-state index in [2.05, 4.69) is 31.4 Å². The predicted octanol–water partition coefficient (Wildman–Crippen LogP) is 7.95. The molecule has 5 aromatic rings. The van der Waals surface area contributed by atoms with Crippen LogP contribution in [0, 0.1) is 6.92 Å². The van der Waals surface area contributed by atoms with Crippen LogP contribution in [0.15, 0.2) is 88.4 Å². The van der Waals surface area contributed by atoms with Gasteiger partial charge in [0.25, 0.3) is 5.91 Å². The zero-order valence-electron chi connectivity index (χ0n) is 23.5. The predicted molar refractivity (Wildman–Crippen MR) is 172 cm³/mol. The Hall–Kier alpha value is -4.60. The molecule has 2 N–H and O–H groups in total. The first-order chi connectivity index (χ1) is 20.8. The van der Waals surface area contributed by atoms with Gasteiger partial charge in [0.05, 0.1) is 31.0 Å². The number of hydrogen-bond donors (Lipinski definition) is 2. The van der Waals surface area contributed by atoms with E-state index in [1.54, 1.807) is 49.6 Å². The number of ether oxygens (including phenoxy) is 3. The van der Waals surface area contributed by atoms with Gasteiger partial charge >= 0.3 is 5.97 Å². The lowest BCUT2D eigenvalue weighted by Gasteiger charge is -2.11. The number of hydrogen-bond acceptors (Lipinski definition) is 6. The van der Waals surface area contributed by atoms with Gasteiger partial charge in [0, 0.05) is 26.0 Å². The molecule has 1 aromatic heterocycles. The normalized spacial score (nSPS) is 11.1. The van der Waals surface area contributed by atoms with Crippen molar-refractivity contribution in [1.82, 2.24) is 10.4 Å². The van der Waals surface area contributed by atoms with Crippen molar-refractivity contribution in [3.8, 4) is 28.4 Å². The number of esters is 1. The van der Waals surface area contributed by atoms with Crippen molar-refractivity contribution in [1.29, 1.82) is 0 Å². The number of nitrogens with zero attached hydrogens (tertiary/aromatic N) is 1. The number of methoxy groups -OCH3 is 1. The molecule has 1 heterocycles. The number of hydrazone groups is 1. The van der Waals surface area contributed by atoms with Crippen LogP contribution in [0.4, 0.5) is 0 Å². The number of carbonyl (C=O) groups excluding carboxylic acids is 2. The van der Waals surface area contributed by atoms with Crippen molar-refractivity contribution in [2.75, 3.05) is 13.7 Å². The van der Waals surface area contributed by atoms with Crippen LogP contribution in [0.5, 0.6) is 17.2 Å². The molecule has 0 bridgehead atoms. The first kappa shape index (κ1) is 29.9. The quantitative estimate of drug-likeness (QED) is 0.0723. The van der Waals surface area contributed by atoms with Crippen molar-refractivity contribution in [2.45, 2.75) is 13.8 Å². The lowest BCUT2D eigenvalue weighted by Crippen LogP contribution is -2.19. The maximum absolute atomic E-state index is 13.5. The summed E-state index contributed by atoms with van der Waals surface area (Å²) in [6.07, 6.45) is 1.47. The summed E-state index contributed by atoms with van der Waals surface area (Å²) in [5.41, 5.74) is 6.87. The molecule has 1 amide bonds. The number of aromatic amines is 1. The van der Waals surface area contributed by atoms with Gasteiger partial charge < -0.3 is 19.2 Å². The lowest BCUT2D eigenvalue weighted by molar-refractivity contribution is 0.0728. The molecular weight excluding hydrogens is 634 g/mol. The summed E-state index contributed by atoms with van der Waals surface area (Å²) in [5, 5.41) is 5.41. The van der Waals surface area contributed by atoms with E-state index in [-0.39, 0.29) is 11.4 Å². The molecule has 0 spiro atoms. The van der Waals surface area contributed by atoms with Gasteiger partial charge in [0.2, 0.25) is 0 Å². The van der Waals surface area contributed by atoms with Crippen LogP contribution in [0.1, 0.15) is 38.9 Å². The van der Waals surface area contributed by atoms with Crippen LogP contribution in [-0.4, -0.2) is 36.8 Å². The van der Waals surface area contributed by atoms with Gasteiger partial charge in [0.1, 0.15) is 11.4 Å². The van der Waals surface area contributed by atoms with Crippen molar-refractivity contribution < 1.29 is 23.8 Å². The van der Waals surface area contributed by atoms with Crippen molar-refractivity contribution in [2.24, 2.45) is 5.10 Å². The standard InChI is InChI=1S/C33H27BrClN3O5/c1-4-42-27-17-20(11-15-25(27)43-33(40)21-12-9-19(2)10-13-21)18-36-38-32(39)31-28(22-7-5-6-8-24(22)35)29-23(34)14-16-26(41-3)30(29)37-31/h5-18,37H,4H2,1-3H3,(H,38,39). The summed E-state index contributed by atoms with van der Waals surface area (Å²) in [5.74, 6) is 0.235. The average Bonchev–Trinajstić information content (AvgIpc) is 3.41. The van der Waals surface area contributed by atoms with Crippen LogP contribution < -0.4 is 19.6 Å². The number of aryl methyl sites for hydroxylation is 1. The van der Waals surface area contributed by atoms with Gasteiger partial charge in [-0.1, -0.05) is 63.4 Å². The Kier molecular flexibility index (Phi) is 9.13. The fourth-order valence-electron chi connectivity index (χ4n) is 4.54. The van der Waals surface area contributed by atoms with E-state index in [9.17, 15) is 9.59 Å². The van der Waals surface area contributed by atoms with Gasteiger partial charge in [-0.25, -0.2) is 10.2 Å². The summed E-state index contributed by atoms with van der Waals surface area (Å²) < 4.78 is 17.6. The van der Waals surface area contributed by atoms with E-state index in [0.29, 0.717) is 50.9 Å². The number of rotatable bonds is 9. The van der Waals surface area contributed by atoms with E-state index in [1.807, 2.05) is 50.2 Å². The maximum atomic E-state index is 13.5. The van der Waals surface area contributed by atoms with E-state index in [0.717, 1.165) is 15.4 Å². The Labute approximate surface area is 261 Å². The Bertz CT molecular complexity index is 1850. The molecule has 0 saturated heterocycles. The minimum Gasteiger partial charge on any atom is -0.495 e. The molecule has 0 aliphatic heterocycles. The number of halogens is 2. The second kappa shape index (κ2) is 13.1. The van der Waals surface area contributed by atoms with Gasteiger partial charge in [0.15, 0.2) is 11.5 Å². The molecule has 0 unspecified atom stereocenters. The van der Waals surface area contributed by atoms with Crippen LogP contribution in [0.2, 0.25) is 5.02 Å². The summed E-state index contributed by atoms with van der Waals surface area (Å²) in [6.45, 7) is 4.13. The number of amides is 1. The molecule has 0 aliphatic carbocycles. The Balaban J connectivity index is 1.41. The maximum Gasteiger partial charge on any atom is 0.343 e. The van der Waals surface area contributed by atoms with Crippen molar-refractivity contribution in [3.63, 3.8) is 0 Å². The molecule has 218 valence electrons. The van der Waals surface area contributed by atoms with Gasteiger partial charge in [-0.15, -0.1) is 0 Å². The monoisotopic (exact) mass is 659 g/mol. The second-order valence-electron chi connectivity index (χ2n) is 9.45. The van der Waals surface area contributed by atoms with Crippen LogP contribution in [-0.2, 0) is 0 Å². The third kappa shape index (κ3) is 6.43. The van der Waals surface area contributed by atoms with Gasteiger partial charge in [-0.2, -0.15) is 5.10 Å². The summed E-state index contributed by atoms with van der Waals surface area (Å²) >= 11 is 10.2. The molecule has 0 saturated carbocycles. The van der Waals surface area contributed by atoms with E-state index >= 15 is 0 Å². The molecule has 8 nitrogen and oxygen atoms in total. The third-order valence-corrected chi connectivity index (χ3v) is 7.58. The zero-order valence-corrected chi connectivity index (χ0v) is 25.9. The number of benzene rings is 4. The number of fused-ring (bicyclic) bond motifs is 1. The van der Waals surface area contributed by atoms with E-state index in [1.165, 1.54) is 6.21 Å². The highest BCUT2D eigenvalue weighted by atomic mass is 79.9. The smallest absolute Gasteiger partial charge is 0.343 e. The topological polar surface area (TPSA) is 102 Å². The zero-order chi connectivity index (χ0) is 30.5. The van der Waals surface area contributed by atoms with Crippen molar-refractivity contribution >= 4 is 56.5 Å². The summed E-state index contributed by atoms with van der Waals surface area (Å²) in [4.78, 5) is 29.3. The number of nitrogens with one attached hydrogen (secondary N) is 2. The average molecular weight is 661 g/mol. The van der Waals surface area contributed by atoms with E-state index < -0.39 is 11.9 Å². The molecule has 5 rings (SSSR count). The SMILES string of the molecule is CCOc1cc(C=NNC(=O)c2[nH]c3c(OC)ccc(Br)c3c2-c2ccccc2Cl)ccc1OC(=O)c1ccc(C)cc1. The van der Waals surface area contributed by atoms with Crippen LogP contribution >= 0.6 is 27.5 Å². The fraction of sp³-hybridized carbons (Fsp3) is 0.121. The molecule has 0 aliphatic rings. The summed E-state index contributed by atoms with van der Waals surface area (Å²) in [6, 6.07) is 23.1. The molecule has 43 heavy (non-hydrogen) atoms. The molecular formula is C33H27BrClN3O5. The first-order valence-corrected chi connectivity index (χ1v) is 14.5. The third-order valence-electron chi connectivity index (χ3n) is 6.59. The summed E-state index contributed by atoms with van der Waals surface area (Å²) in [7, 11) is 1.56. The molecule has 0 fully saturated rings. The minimum atomic E-state index is -0.495. The van der Waals surface area contributed by atoms with Gasteiger partial charge in [-0.3, -0.25) is 4.79 Å². The Morgan fingerprint density at radius 1 is 1.00 bits per heavy atom. The van der Waals surface area contributed by atoms with E-state index in [4.69, 9.17) is 25.8 Å². The second-order valence-corrected chi connectivity index (χ2v) is 10.7. The fourth-order valence-corrected chi connectivity index (χ4v) is 5.30. The highest BCUT2D eigenvalue weighted by Crippen LogP contribution is 2.43. The Morgan fingerprint density at radius 2 is 1.74 bits per heavy atom. The van der Waals surface area contributed by atoms with Gasteiger partial charge in [-0.05, 0) is 67.9 Å². The minimum absolute atomic E-state index is 0.263. The Morgan fingerprint density at radius 3 is 2.47 bits per heavy atom. The molecule has 4 aromatic carbocycles. The largest absolute Gasteiger partial charge is 0.495 e. The molecule has 10 heteroatoms.